The Kier molecular flexibility index (Phi) is 3.10. The molecule has 0 saturated heterocycles. The van der Waals surface area contributed by atoms with Crippen LogP contribution in [0.3, 0.4) is 0 Å². The average molecular weight is 264 g/mol. The summed E-state index contributed by atoms with van der Waals surface area (Å²) >= 11 is 3.13. The van der Waals surface area contributed by atoms with Gasteiger partial charge in [-0.1, -0.05) is 15.9 Å². The molecule has 78 valence electrons. The maximum atomic E-state index is 11.4. The Morgan fingerprint density at radius 1 is 1.00 bits per heavy atom. The molecule has 0 aliphatic carbocycles. The summed E-state index contributed by atoms with van der Waals surface area (Å²) in [7, 11) is 2.68. The Hall–Kier alpha value is -1.11. The fraction of sp³-hybridized carbons (Fsp3) is 0.571. The first-order valence-electron chi connectivity index (χ1n) is 3.93. The van der Waals surface area contributed by atoms with Crippen molar-refractivity contribution in [2.24, 2.45) is 14.1 Å². The molecule has 1 aromatic rings. The number of hydrogen-bond donors (Lipinski definition) is 0. The molecule has 0 amide bonds. The summed E-state index contributed by atoms with van der Waals surface area (Å²) in [5.74, 6) is 0. The van der Waals surface area contributed by atoms with Crippen molar-refractivity contribution in [2.75, 3.05) is 5.33 Å². The van der Waals surface area contributed by atoms with Crippen LogP contribution in [0.5, 0.6) is 0 Å². The predicted octanol–water partition coefficient (Wildman–Crippen LogP) is -1.36. The molecule has 0 unspecified atom stereocenters. The zero-order chi connectivity index (χ0) is 10.9. The van der Waals surface area contributed by atoms with Gasteiger partial charge in [-0.2, -0.15) is 0 Å². The molecule has 0 spiro atoms. The molecular formula is C7H10BrN3O3. The Labute approximate surface area is 87.5 Å². The summed E-state index contributed by atoms with van der Waals surface area (Å²) in [5, 5.41) is 0.486. The van der Waals surface area contributed by atoms with Gasteiger partial charge in [0, 0.05) is 26.0 Å². The predicted molar refractivity (Wildman–Crippen MR) is 55.0 cm³/mol. The van der Waals surface area contributed by atoms with E-state index in [1.54, 1.807) is 0 Å². The van der Waals surface area contributed by atoms with E-state index in [1.807, 2.05) is 0 Å². The van der Waals surface area contributed by atoms with Crippen LogP contribution in [-0.2, 0) is 20.6 Å². The second-order valence-corrected chi connectivity index (χ2v) is 3.60. The molecule has 0 aliphatic rings. The fourth-order valence-electron chi connectivity index (χ4n) is 1.11. The lowest BCUT2D eigenvalue weighted by molar-refractivity contribution is 0.522. The topological polar surface area (TPSA) is 66.0 Å². The van der Waals surface area contributed by atoms with Crippen molar-refractivity contribution in [2.45, 2.75) is 6.54 Å². The highest BCUT2D eigenvalue weighted by Gasteiger charge is 2.08. The maximum Gasteiger partial charge on any atom is 0.336 e. The van der Waals surface area contributed by atoms with E-state index in [0.29, 0.717) is 5.33 Å². The molecule has 0 saturated carbocycles. The highest BCUT2D eigenvalue weighted by Crippen LogP contribution is 1.80. The summed E-state index contributed by atoms with van der Waals surface area (Å²) in [6, 6.07) is 0. The van der Waals surface area contributed by atoms with Gasteiger partial charge in [0.25, 0.3) is 0 Å². The molecular weight excluding hydrogens is 254 g/mol. The largest absolute Gasteiger partial charge is 0.336 e. The third kappa shape index (κ3) is 1.59. The Bertz CT molecular complexity index is 470. The van der Waals surface area contributed by atoms with Gasteiger partial charge in [-0.15, -0.1) is 0 Å². The lowest BCUT2D eigenvalue weighted by Gasteiger charge is -2.06. The van der Waals surface area contributed by atoms with Crippen LogP contribution >= 0.6 is 15.9 Å². The van der Waals surface area contributed by atoms with Gasteiger partial charge < -0.3 is 0 Å². The monoisotopic (exact) mass is 263 g/mol. The molecule has 14 heavy (non-hydrogen) atoms. The van der Waals surface area contributed by atoms with Crippen LogP contribution in [-0.4, -0.2) is 19.0 Å². The summed E-state index contributed by atoms with van der Waals surface area (Å²) in [5.41, 5.74) is -1.78. The summed E-state index contributed by atoms with van der Waals surface area (Å²) in [6.45, 7) is 0.250. The van der Waals surface area contributed by atoms with Gasteiger partial charge in [-0.05, 0) is 0 Å². The lowest BCUT2D eigenvalue weighted by Crippen LogP contribution is -2.52. The highest BCUT2D eigenvalue weighted by molar-refractivity contribution is 9.09. The van der Waals surface area contributed by atoms with Crippen molar-refractivity contribution in [3.05, 3.63) is 31.5 Å². The standard InChI is InChI=1S/C7H10BrN3O3/c1-9-5(12)10(2)7(14)11(4-3-8)6(9)13/h3-4H2,1-2H3. The van der Waals surface area contributed by atoms with Crippen molar-refractivity contribution in [1.29, 1.82) is 0 Å². The van der Waals surface area contributed by atoms with E-state index in [9.17, 15) is 14.4 Å². The van der Waals surface area contributed by atoms with Gasteiger partial charge in [0.2, 0.25) is 0 Å². The first-order chi connectivity index (χ1) is 6.50. The SMILES string of the molecule is Cn1c(=O)n(C)c(=O)n(CCBr)c1=O. The van der Waals surface area contributed by atoms with Gasteiger partial charge in [-0.25, -0.2) is 28.1 Å². The zero-order valence-electron chi connectivity index (χ0n) is 7.86. The minimum Gasteiger partial charge on any atom is -0.248 e. The second-order valence-electron chi connectivity index (χ2n) is 2.81. The summed E-state index contributed by atoms with van der Waals surface area (Å²) in [6.07, 6.45) is 0. The zero-order valence-corrected chi connectivity index (χ0v) is 9.44. The molecule has 7 heteroatoms. The van der Waals surface area contributed by atoms with E-state index in [-0.39, 0.29) is 6.54 Å². The van der Waals surface area contributed by atoms with Gasteiger partial charge >= 0.3 is 17.1 Å². The van der Waals surface area contributed by atoms with Gasteiger partial charge in [0.15, 0.2) is 0 Å². The molecule has 0 radical (unpaired) electrons. The van der Waals surface area contributed by atoms with Gasteiger partial charge in [0.1, 0.15) is 0 Å². The van der Waals surface area contributed by atoms with Crippen LogP contribution in [0.4, 0.5) is 0 Å². The first-order valence-corrected chi connectivity index (χ1v) is 5.05. The van der Waals surface area contributed by atoms with E-state index < -0.39 is 17.1 Å². The minimum absolute atomic E-state index is 0.250. The summed E-state index contributed by atoms with van der Waals surface area (Å²) < 4.78 is 2.82. The van der Waals surface area contributed by atoms with Crippen LogP contribution in [0.15, 0.2) is 14.4 Å². The number of halogens is 1. The molecule has 0 atom stereocenters. The van der Waals surface area contributed by atoms with Crippen molar-refractivity contribution in [3.8, 4) is 0 Å². The van der Waals surface area contributed by atoms with E-state index in [0.717, 1.165) is 13.7 Å². The third-order valence-corrected chi connectivity index (χ3v) is 2.27. The van der Waals surface area contributed by atoms with E-state index in [2.05, 4.69) is 15.9 Å². The Morgan fingerprint density at radius 2 is 1.43 bits per heavy atom. The number of hydrogen-bond acceptors (Lipinski definition) is 3. The molecule has 0 fully saturated rings. The van der Waals surface area contributed by atoms with Crippen molar-refractivity contribution in [3.63, 3.8) is 0 Å². The molecule has 0 aliphatic heterocycles. The van der Waals surface area contributed by atoms with E-state index in [4.69, 9.17) is 0 Å². The Morgan fingerprint density at radius 3 is 1.79 bits per heavy atom. The van der Waals surface area contributed by atoms with Gasteiger partial charge in [-0.3, -0.25) is 0 Å². The smallest absolute Gasteiger partial charge is 0.248 e. The van der Waals surface area contributed by atoms with E-state index >= 15 is 0 Å². The van der Waals surface area contributed by atoms with Crippen molar-refractivity contribution < 1.29 is 0 Å². The van der Waals surface area contributed by atoms with Crippen LogP contribution in [0.1, 0.15) is 0 Å². The molecule has 6 nitrogen and oxygen atoms in total. The molecule has 0 bridgehead atoms. The molecule has 0 N–H and O–H groups in total. The van der Waals surface area contributed by atoms with Gasteiger partial charge in [0.05, 0.1) is 0 Å². The molecule has 1 heterocycles. The first kappa shape index (κ1) is 11.0. The van der Waals surface area contributed by atoms with Crippen LogP contribution in [0, 0.1) is 0 Å². The molecule has 1 rings (SSSR count). The number of nitrogens with zero attached hydrogens (tertiary/aromatic N) is 3. The highest BCUT2D eigenvalue weighted by atomic mass is 79.9. The Balaban J connectivity index is 3.70. The van der Waals surface area contributed by atoms with Crippen LogP contribution in [0.25, 0.3) is 0 Å². The lowest BCUT2D eigenvalue weighted by atomic mass is 10.7. The quantitative estimate of drug-likeness (QED) is 0.620. The average Bonchev–Trinajstić information content (AvgIpc) is 2.19. The molecule has 0 aromatic carbocycles. The van der Waals surface area contributed by atoms with Crippen molar-refractivity contribution >= 4 is 15.9 Å². The van der Waals surface area contributed by atoms with Crippen LogP contribution < -0.4 is 17.1 Å². The normalized spacial score (nSPS) is 10.5. The molecule has 1 aromatic heterocycles. The number of alkyl halides is 1. The minimum atomic E-state index is -0.606. The number of aromatic nitrogens is 3. The fourth-order valence-corrected chi connectivity index (χ4v) is 1.46. The van der Waals surface area contributed by atoms with Crippen LogP contribution in [0.2, 0.25) is 0 Å². The van der Waals surface area contributed by atoms with E-state index in [1.165, 1.54) is 14.1 Å². The maximum absolute atomic E-state index is 11.4. The second kappa shape index (κ2) is 3.95. The number of rotatable bonds is 2. The third-order valence-electron chi connectivity index (χ3n) is 1.92. The van der Waals surface area contributed by atoms with Crippen molar-refractivity contribution in [1.82, 2.24) is 13.7 Å². The summed E-state index contributed by atoms with van der Waals surface area (Å²) in [4.78, 5) is 34.2.